The van der Waals surface area contributed by atoms with E-state index in [9.17, 15) is 19.7 Å². The molecule has 1 saturated heterocycles. The fourth-order valence-electron chi connectivity index (χ4n) is 5.66. The van der Waals surface area contributed by atoms with Gasteiger partial charge < -0.3 is 4.90 Å². The van der Waals surface area contributed by atoms with Crippen molar-refractivity contribution in [2.24, 2.45) is 13.0 Å². The van der Waals surface area contributed by atoms with Crippen LogP contribution in [0.5, 0.6) is 0 Å². The number of aromatic nitrogens is 2. The van der Waals surface area contributed by atoms with Gasteiger partial charge in [0.15, 0.2) is 11.6 Å². The Labute approximate surface area is 232 Å². The van der Waals surface area contributed by atoms with Gasteiger partial charge in [0.05, 0.1) is 4.92 Å². The van der Waals surface area contributed by atoms with Gasteiger partial charge in [0.2, 0.25) is 0 Å². The second-order valence-electron chi connectivity index (χ2n) is 10.3. The van der Waals surface area contributed by atoms with Crippen LogP contribution in [0, 0.1) is 16.0 Å². The van der Waals surface area contributed by atoms with Crippen molar-refractivity contribution in [3.63, 3.8) is 0 Å². The lowest BCUT2D eigenvalue weighted by Crippen LogP contribution is -2.43. The number of benzene rings is 2. The van der Waals surface area contributed by atoms with Gasteiger partial charge in [0.1, 0.15) is 0 Å². The number of carbonyl (C=O) groups excluding carboxylic acids is 2. The molecular weight excluding hydrogens is 518 g/mol. The number of amides is 1. The Hall–Kier alpha value is -3.56. The summed E-state index contributed by atoms with van der Waals surface area (Å²) in [5, 5.41) is 16.5. The molecule has 1 fully saturated rings. The van der Waals surface area contributed by atoms with Gasteiger partial charge in [-0.25, -0.2) is 0 Å². The summed E-state index contributed by atoms with van der Waals surface area (Å²) in [6.45, 7) is 2.62. The van der Waals surface area contributed by atoms with E-state index in [1.165, 1.54) is 30.0 Å². The Bertz CT molecular complexity index is 1360. The number of fused-ring (bicyclic) bond motifs is 1. The van der Waals surface area contributed by atoms with Gasteiger partial charge >= 0.3 is 0 Å². The van der Waals surface area contributed by atoms with Crippen LogP contribution in [0.1, 0.15) is 57.7 Å². The predicted molar refractivity (Wildman–Crippen MR) is 150 cm³/mol. The third kappa shape index (κ3) is 5.89. The van der Waals surface area contributed by atoms with Gasteiger partial charge in [-0.05, 0) is 88.0 Å². The standard InChI is InChI=1S/C29H32ClN5O4/c1-32-26-5-3-2-4-25(26)28(31-32)34(29(37)22-8-12-24(13-9-22)35(38)39)19-18-33-16-14-21(15-17-33)27(36)20-6-10-23(30)11-7-20/h6-13,21H,2-5,14-19H2,1H3. The first-order valence-electron chi connectivity index (χ1n) is 13.4. The van der Waals surface area contributed by atoms with Crippen LogP contribution in [0.25, 0.3) is 0 Å². The maximum Gasteiger partial charge on any atom is 0.269 e. The van der Waals surface area contributed by atoms with E-state index in [4.69, 9.17) is 16.7 Å². The molecule has 2 aromatic carbocycles. The summed E-state index contributed by atoms with van der Waals surface area (Å²) in [6.07, 6.45) is 5.49. The number of halogens is 1. The van der Waals surface area contributed by atoms with Crippen LogP contribution < -0.4 is 4.90 Å². The number of hydrogen-bond donors (Lipinski definition) is 0. The summed E-state index contributed by atoms with van der Waals surface area (Å²) >= 11 is 5.97. The number of rotatable bonds is 8. The zero-order valence-electron chi connectivity index (χ0n) is 22.0. The molecule has 10 heteroatoms. The molecule has 1 aromatic heterocycles. The van der Waals surface area contributed by atoms with Crippen molar-refractivity contribution in [3.05, 3.63) is 86.1 Å². The summed E-state index contributed by atoms with van der Waals surface area (Å²) in [6, 6.07) is 12.8. The fourth-order valence-corrected chi connectivity index (χ4v) is 5.79. The molecule has 5 rings (SSSR count). The topological polar surface area (TPSA) is 102 Å². The zero-order valence-corrected chi connectivity index (χ0v) is 22.8. The first-order chi connectivity index (χ1) is 18.8. The molecule has 1 aliphatic carbocycles. The zero-order chi connectivity index (χ0) is 27.5. The second-order valence-corrected chi connectivity index (χ2v) is 10.8. The van der Waals surface area contributed by atoms with Crippen molar-refractivity contribution in [2.75, 3.05) is 31.1 Å². The lowest BCUT2D eigenvalue weighted by molar-refractivity contribution is -0.384. The minimum absolute atomic E-state index is 0.0249. The number of hydrogen-bond acceptors (Lipinski definition) is 6. The van der Waals surface area contributed by atoms with Crippen molar-refractivity contribution < 1.29 is 14.5 Å². The fraction of sp³-hybridized carbons (Fsp3) is 0.414. The molecule has 0 bridgehead atoms. The van der Waals surface area contributed by atoms with Gasteiger partial charge in [0, 0.05) is 65.6 Å². The molecule has 204 valence electrons. The highest BCUT2D eigenvalue weighted by molar-refractivity contribution is 6.30. The minimum atomic E-state index is -0.470. The highest BCUT2D eigenvalue weighted by Crippen LogP contribution is 2.31. The lowest BCUT2D eigenvalue weighted by Gasteiger charge is -2.33. The summed E-state index contributed by atoms with van der Waals surface area (Å²) in [7, 11) is 1.92. The van der Waals surface area contributed by atoms with E-state index in [0.29, 0.717) is 35.1 Å². The highest BCUT2D eigenvalue weighted by Gasteiger charge is 2.30. The molecule has 2 heterocycles. The number of piperidine rings is 1. The van der Waals surface area contributed by atoms with E-state index in [1.807, 2.05) is 11.7 Å². The van der Waals surface area contributed by atoms with Crippen LogP contribution in [-0.4, -0.2) is 57.5 Å². The van der Waals surface area contributed by atoms with E-state index in [1.54, 1.807) is 29.2 Å². The molecule has 0 saturated carbocycles. The number of ketones is 1. The number of aryl methyl sites for hydroxylation is 1. The normalized spacial score (nSPS) is 16.1. The Morgan fingerprint density at radius 2 is 1.67 bits per heavy atom. The molecule has 9 nitrogen and oxygen atoms in total. The molecule has 39 heavy (non-hydrogen) atoms. The first-order valence-corrected chi connectivity index (χ1v) is 13.8. The predicted octanol–water partition coefficient (Wildman–Crippen LogP) is 5.10. The van der Waals surface area contributed by atoms with Crippen molar-refractivity contribution >= 4 is 34.8 Å². The Balaban J connectivity index is 1.30. The summed E-state index contributed by atoms with van der Waals surface area (Å²) < 4.78 is 1.88. The first kappa shape index (κ1) is 27.0. The van der Waals surface area contributed by atoms with Gasteiger partial charge in [0.25, 0.3) is 11.6 Å². The molecule has 0 N–H and O–H groups in total. The molecule has 1 amide bonds. The maximum atomic E-state index is 13.8. The van der Waals surface area contributed by atoms with Crippen LogP contribution in [-0.2, 0) is 19.9 Å². The highest BCUT2D eigenvalue weighted by atomic mass is 35.5. The molecule has 0 unspecified atom stereocenters. The lowest BCUT2D eigenvalue weighted by atomic mass is 9.89. The number of carbonyl (C=O) groups is 2. The molecule has 1 aliphatic heterocycles. The van der Waals surface area contributed by atoms with Crippen LogP contribution in [0.2, 0.25) is 5.02 Å². The van der Waals surface area contributed by atoms with Crippen LogP contribution in [0.3, 0.4) is 0 Å². The molecule has 2 aliphatic rings. The number of likely N-dealkylation sites (tertiary alicyclic amines) is 1. The van der Waals surface area contributed by atoms with E-state index in [0.717, 1.165) is 57.2 Å². The number of Topliss-reactive ketones (excluding diaryl/α,β-unsaturated/α-hetero) is 1. The molecule has 3 aromatic rings. The quantitative estimate of drug-likeness (QED) is 0.220. The maximum absolute atomic E-state index is 13.8. The largest absolute Gasteiger partial charge is 0.302 e. The van der Waals surface area contributed by atoms with Crippen molar-refractivity contribution in [2.45, 2.75) is 38.5 Å². The monoisotopic (exact) mass is 549 g/mol. The number of nitro benzene ring substituents is 1. The Morgan fingerprint density at radius 1 is 1.03 bits per heavy atom. The summed E-state index contributed by atoms with van der Waals surface area (Å²) in [4.78, 5) is 41.4. The third-order valence-electron chi connectivity index (χ3n) is 7.90. The molecular formula is C29H32ClN5O4. The van der Waals surface area contributed by atoms with Gasteiger partial charge in [-0.15, -0.1) is 0 Å². The van der Waals surface area contributed by atoms with E-state index in [2.05, 4.69) is 4.90 Å². The average molecular weight is 550 g/mol. The SMILES string of the molecule is Cn1nc(N(CCN2CCC(C(=O)c3ccc(Cl)cc3)CC2)C(=O)c2ccc([N+](=O)[O-])cc2)c2c1CCCC2. The average Bonchev–Trinajstić information content (AvgIpc) is 3.29. The van der Waals surface area contributed by atoms with Crippen molar-refractivity contribution in [3.8, 4) is 0 Å². The smallest absolute Gasteiger partial charge is 0.269 e. The number of nitro groups is 1. The summed E-state index contributed by atoms with van der Waals surface area (Å²) in [5.74, 6) is 0.594. The van der Waals surface area contributed by atoms with Crippen molar-refractivity contribution in [1.82, 2.24) is 14.7 Å². The van der Waals surface area contributed by atoms with Gasteiger partial charge in [-0.2, -0.15) is 5.10 Å². The van der Waals surface area contributed by atoms with Crippen LogP contribution in [0.15, 0.2) is 48.5 Å². The van der Waals surface area contributed by atoms with E-state index >= 15 is 0 Å². The third-order valence-corrected chi connectivity index (χ3v) is 8.15. The number of anilines is 1. The second kappa shape index (κ2) is 11.7. The minimum Gasteiger partial charge on any atom is -0.302 e. The van der Waals surface area contributed by atoms with Crippen LogP contribution in [0.4, 0.5) is 11.5 Å². The molecule has 0 spiro atoms. The molecule has 0 atom stereocenters. The van der Waals surface area contributed by atoms with Crippen molar-refractivity contribution in [1.29, 1.82) is 0 Å². The Kier molecular flexibility index (Phi) is 8.09. The summed E-state index contributed by atoms with van der Waals surface area (Å²) in [5.41, 5.74) is 3.32. The number of nitrogens with zero attached hydrogens (tertiary/aromatic N) is 5. The molecule has 0 radical (unpaired) electrons. The van der Waals surface area contributed by atoms with Gasteiger partial charge in [-0.1, -0.05) is 11.6 Å². The van der Waals surface area contributed by atoms with E-state index in [-0.39, 0.29) is 23.3 Å². The number of non-ortho nitro benzene ring substituents is 1. The van der Waals surface area contributed by atoms with Gasteiger partial charge in [-0.3, -0.25) is 29.3 Å². The van der Waals surface area contributed by atoms with E-state index < -0.39 is 4.92 Å². The Morgan fingerprint density at radius 3 is 2.33 bits per heavy atom. The van der Waals surface area contributed by atoms with Crippen LogP contribution >= 0.6 is 11.6 Å².